The first-order valence-electron chi connectivity index (χ1n) is 16.6. The molecule has 0 saturated carbocycles. The maximum absolute atomic E-state index is 15.8. The van der Waals surface area contributed by atoms with Crippen molar-refractivity contribution in [2.75, 3.05) is 31.2 Å². The molecule has 2 aliphatic rings. The molecule has 46 heavy (non-hydrogen) atoms. The number of benzene rings is 1. The second kappa shape index (κ2) is 13.9. The number of aromatic nitrogens is 3. The Bertz CT molecular complexity index is 1700. The van der Waals surface area contributed by atoms with Gasteiger partial charge in [0.25, 0.3) is 0 Å². The fourth-order valence-corrected chi connectivity index (χ4v) is 6.58. The smallest absolute Gasteiger partial charge is 0.355 e. The maximum atomic E-state index is 15.8. The molecule has 5 rings (SSSR count). The summed E-state index contributed by atoms with van der Waals surface area (Å²) in [7, 11) is 0. The van der Waals surface area contributed by atoms with Crippen molar-refractivity contribution in [3.8, 4) is 17.0 Å². The summed E-state index contributed by atoms with van der Waals surface area (Å²) in [6.07, 6.45) is 3.60. The molecule has 0 spiro atoms. The van der Waals surface area contributed by atoms with Crippen molar-refractivity contribution in [1.82, 2.24) is 19.4 Å². The number of anilines is 1. The Hall–Kier alpha value is -3.76. The van der Waals surface area contributed by atoms with Crippen LogP contribution in [-0.4, -0.2) is 75.1 Å². The summed E-state index contributed by atoms with van der Waals surface area (Å²) in [5, 5.41) is 12.7. The molecular weight excluding hydrogens is 585 g/mol. The van der Waals surface area contributed by atoms with Crippen molar-refractivity contribution in [3.63, 3.8) is 0 Å². The quantitative estimate of drug-likeness (QED) is 0.300. The van der Waals surface area contributed by atoms with E-state index in [1.54, 1.807) is 12.1 Å². The first kappa shape index (κ1) is 33.6. The van der Waals surface area contributed by atoms with Gasteiger partial charge in [0.15, 0.2) is 5.65 Å². The van der Waals surface area contributed by atoms with Crippen LogP contribution in [0.3, 0.4) is 0 Å². The largest absolute Gasteiger partial charge is 0.490 e. The van der Waals surface area contributed by atoms with Gasteiger partial charge in [-0.05, 0) is 76.3 Å². The summed E-state index contributed by atoms with van der Waals surface area (Å²) in [5.74, 6) is 0.687. The number of rotatable bonds is 9. The highest BCUT2D eigenvalue weighted by molar-refractivity contribution is 5.93. The predicted molar refractivity (Wildman–Crippen MR) is 182 cm³/mol. The van der Waals surface area contributed by atoms with Crippen LogP contribution in [0.5, 0.6) is 5.75 Å². The number of halogens is 1. The minimum atomic E-state index is -1.16. The Morgan fingerprint density at radius 3 is 2.63 bits per heavy atom. The van der Waals surface area contributed by atoms with Gasteiger partial charge in [-0.2, -0.15) is 4.98 Å². The third-order valence-electron chi connectivity index (χ3n) is 9.02. The number of hydrogen-bond donors (Lipinski definition) is 1. The van der Waals surface area contributed by atoms with Gasteiger partial charge in [0, 0.05) is 37.5 Å². The van der Waals surface area contributed by atoms with Gasteiger partial charge in [0.1, 0.15) is 36.2 Å². The highest BCUT2D eigenvalue weighted by atomic mass is 19.1. The highest BCUT2D eigenvalue weighted by Crippen LogP contribution is 2.39. The number of fused-ring (bicyclic) bond motifs is 4. The van der Waals surface area contributed by atoms with Crippen LogP contribution in [0.2, 0.25) is 0 Å². The SMILES string of the molecule is CCCN(c1nc(=O)n2c3nc(c(C)cc13)-c1c(F)cccc1OCC(OCC)C(O)C1=C2[C@@H](C)N(CC(C)C)C=C1)[C@@H](C)CC. The summed E-state index contributed by atoms with van der Waals surface area (Å²) in [5.41, 5.74) is 2.25. The van der Waals surface area contributed by atoms with Gasteiger partial charge in [0.05, 0.1) is 28.4 Å². The molecule has 10 heteroatoms. The number of hydrogen-bond acceptors (Lipinski definition) is 8. The monoisotopic (exact) mass is 633 g/mol. The molecule has 2 aliphatic heterocycles. The van der Waals surface area contributed by atoms with E-state index in [-0.39, 0.29) is 30.0 Å². The van der Waals surface area contributed by atoms with Crippen LogP contribution in [0.1, 0.15) is 66.9 Å². The second-order valence-corrected chi connectivity index (χ2v) is 12.8. The van der Waals surface area contributed by atoms with E-state index in [1.807, 2.05) is 39.1 Å². The molecule has 1 aromatic carbocycles. The number of pyridine rings is 1. The zero-order chi connectivity index (χ0) is 33.3. The molecule has 2 bridgehead atoms. The molecule has 248 valence electrons. The summed E-state index contributed by atoms with van der Waals surface area (Å²) in [6.45, 7) is 18.1. The van der Waals surface area contributed by atoms with Gasteiger partial charge < -0.3 is 24.4 Å². The van der Waals surface area contributed by atoms with E-state index in [9.17, 15) is 9.90 Å². The standard InChI is InChI=1S/C36H48FN5O4/c1-9-16-41(23(7)10-2)34-26-18-22(6)31-30-27(37)13-12-14-28(30)46-20-29(45-11-3)33(43)25-15-17-40(19-21(4)5)24(8)32(25)42(35(26)38-31)36(44)39-34/h12-15,17-18,21,23-24,29,33,43H,9-11,16,19-20H2,1-8H3/t23-,24+,29?,33?/m0/s1. The normalized spacial score (nSPS) is 20.3. The number of aliphatic hydroxyl groups is 1. The number of ether oxygens (including phenoxy) is 2. The van der Waals surface area contributed by atoms with Crippen LogP contribution in [0, 0.1) is 18.7 Å². The molecule has 0 saturated heterocycles. The van der Waals surface area contributed by atoms with Gasteiger partial charge in [-0.25, -0.2) is 18.7 Å². The zero-order valence-corrected chi connectivity index (χ0v) is 28.4. The van der Waals surface area contributed by atoms with Crippen LogP contribution in [-0.2, 0) is 4.74 Å². The molecule has 4 atom stereocenters. The lowest BCUT2D eigenvalue weighted by Gasteiger charge is -2.38. The average Bonchev–Trinajstić information content (AvgIpc) is 3.02. The predicted octanol–water partition coefficient (Wildman–Crippen LogP) is 6.16. The van der Waals surface area contributed by atoms with E-state index < -0.39 is 23.7 Å². The van der Waals surface area contributed by atoms with Crippen molar-refractivity contribution in [1.29, 1.82) is 0 Å². The Morgan fingerprint density at radius 2 is 1.96 bits per heavy atom. The summed E-state index contributed by atoms with van der Waals surface area (Å²) < 4.78 is 29.6. The second-order valence-electron chi connectivity index (χ2n) is 12.8. The average molecular weight is 634 g/mol. The van der Waals surface area contributed by atoms with Crippen LogP contribution in [0.25, 0.3) is 28.0 Å². The molecule has 9 nitrogen and oxygen atoms in total. The van der Waals surface area contributed by atoms with Crippen LogP contribution in [0.15, 0.2) is 46.9 Å². The van der Waals surface area contributed by atoms with Gasteiger partial charge in [-0.1, -0.05) is 33.8 Å². The maximum Gasteiger partial charge on any atom is 0.355 e. The third-order valence-corrected chi connectivity index (χ3v) is 9.02. The van der Waals surface area contributed by atoms with E-state index >= 15 is 4.39 Å². The fourth-order valence-electron chi connectivity index (χ4n) is 6.58. The van der Waals surface area contributed by atoms with Crippen molar-refractivity contribution in [3.05, 3.63) is 64.0 Å². The molecule has 0 fully saturated rings. The Kier molecular flexibility index (Phi) is 10.2. The van der Waals surface area contributed by atoms with Gasteiger partial charge >= 0.3 is 5.69 Å². The molecule has 3 aromatic rings. The molecule has 0 aliphatic carbocycles. The fraction of sp³-hybridized carbons (Fsp3) is 0.528. The number of nitrogens with zero attached hydrogens (tertiary/aromatic N) is 5. The van der Waals surface area contributed by atoms with Gasteiger partial charge in [0.2, 0.25) is 0 Å². The summed E-state index contributed by atoms with van der Waals surface area (Å²) in [6, 6.07) is 6.41. The minimum Gasteiger partial charge on any atom is -0.490 e. The van der Waals surface area contributed by atoms with Crippen molar-refractivity contribution < 1.29 is 19.0 Å². The molecule has 0 radical (unpaired) electrons. The van der Waals surface area contributed by atoms with E-state index in [2.05, 4.69) is 44.4 Å². The molecule has 4 heterocycles. The minimum absolute atomic E-state index is 0.0404. The van der Waals surface area contributed by atoms with Crippen molar-refractivity contribution >= 4 is 22.5 Å². The number of aryl methyl sites for hydroxylation is 1. The van der Waals surface area contributed by atoms with Gasteiger partial charge in [-0.15, -0.1) is 0 Å². The van der Waals surface area contributed by atoms with E-state index in [4.69, 9.17) is 19.4 Å². The topological polar surface area (TPSA) is 93.0 Å². The first-order valence-corrected chi connectivity index (χ1v) is 16.6. The first-order chi connectivity index (χ1) is 22.0. The Balaban J connectivity index is 1.95. The molecule has 2 aromatic heterocycles. The van der Waals surface area contributed by atoms with Crippen molar-refractivity contribution in [2.24, 2.45) is 5.92 Å². The molecule has 0 amide bonds. The van der Waals surface area contributed by atoms with Gasteiger partial charge in [-0.3, -0.25) is 0 Å². The molecule has 1 N–H and O–H groups in total. The Labute approximate surface area is 271 Å². The lowest BCUT2D eigenvalue weighted by molar-refractivity contribution is -0.0387. The highest BCUT2D eigenvalue weighted by Gasteiger charge is 2.35. The lowest BCUT2D eigenvalue weighted by atomic mass is 9.94. The Morgan fingerprint density at radius 1 is 1.20 bits per heavy atom. The molecule has 2 unspecified atom stereocenters. The molecular formula is C36H48FN5O4. The van der Waals surface area contributed by atoms with E-state index in [0.29, 0.717) is 52.9 Å². The third kappa shape index (κ3) is 6.17. The summed E-state index contributed by atoms with van der Waals surface area (Å²) >= 11 is 0. The van der Waals surface area contributed by atoms with Crippen molar-refractivity contribution in [2.45, 2.75) is 92.5 Å². The zero-order valence-electron chi connectivity index (χ0n) is 28.4. The van der Waals surface area contributed by atoms with Crippen LogP contribution in [0.4, 0.5) is 10.2 Å². The van der Waals surface area contributed by atoms with E-state index in [0.717, 1.165) is 24.9 Å². The van der Waals surface area contributed by atoms with Crippen LogP contribution >= 0.6 is 0 Å². The summed E-state index contributed by atoms with van der Waals surface area (Å²) in [4.78, 5) is 28.7. The van der Waals surface area contributed by atoms with E-state index in [1.165, 1.54) is 10.6 Å². The lowest BCUT2D eigenvalue weighted by Crippen LogP contribution is -2.44. The number of aliphatic hydroxyl groups excluding tert-OH is 1. The van der Waals surface area contributed by atoms with Crippen LogP contribution < -0.4 is 15.3 Å².